The Morgan fingerprint density at radius 1 is 0.807 bits per heavy atom. The van der Waals surface area contributed by atoms with Crippen LogP contribution in [0.15, 0.2) is 109 Å². The van der Waals surface area contributed by atoms with E-state index in [0.29, 0.717) is 39.3 Å². The van der Waals surface area contributed by atoms with E-state index in [2.05, 4.69) is 0 Å². The fraction of sp³-hybridized carbons (Fsp3) is 0.256. The van der Waals surface area contributed by atoms with Gasteiger partial charge in [-0.05, 0) is 71.9 Å². The van der Waals surface area contributed by atoms with Gasteiger partial charge in [-0.25, -0.2) is 4.90 Å². The molecule has 4 aliphatic rings. The molecule has 6 atom stereocenters. The summed E-state index contributed by atoms with van der Waals surface area (Å²) in [6.45, 7) is 0. The Morgan fingerprint density at radius 3 is 2.02 bits per heavy atom. The first-order chi connectivity index (χ1) is 27.0. The summed E-state index contributed by atoms with van der Waals surface area (Å²) < 4.78 is 89.1. The van der Waals surface area contributed by atoms with Gasteiger partial charge in [-0.2, -0.15) is 26.3 Å². The molecule has 7 nitrogen and oxygen atoms in total. The van der Waals surface area contributed by atoms with Crippen molar-refractivity contribution >= 4 is 46.2 Å². The van der Waals surface area contributed by atoms with E-state index in [1.165, 1.54) is 25.3 Å². The number of amides is 2. The number of imide groups is 1. The Kier molecular flexibility index (Phi) is 9.02. The van der Waals surface area contributed by atoms with Gasteiger partial charge in [0.15, 0.2) is 23.1 Å². The van der Waals surface area contributed by atoms with Gasteiger partial charge in [0.1, 0.15) is 0 Å². The molecule has 0 unspecified atom stereocenters. The van der Waals surface area contributed by atoms with E-state index in [1.54, 1.807) is 66.7 Å². The van der Waals surface area contributed by atoms with Crippen LogP contribution in [-0.2, 0) is 36.9 Å². The van der Waals surface area contributed by atoms with Crippen molar-refractivity contribution in [2.75, 3.05) is 12.0 Å². The first-order valence-corrected chi connectivity index (χ1v) is 18.2. The van der Waals surface area contributed by atoms with Crippen LogP contribution in [-0.4, -0.2) is 35.6 Å². The smallest absolute Gasteiger partial charge is 0.416 e. The van der Waals surface area contributed by atoms with Gasteiger partial charge in [0, 0.05) is 17.4 Å². The number of methoxy groups -OCH3 is 1. The van der Waals surface area contributed by atoms with Gasteiger partial charge < -0.3 is 9.84 Å². The number of phenols is 1. The summed E-state index contributed by atoms with van der Waals surface area (Å²) in [7, 11) is 1.29. The highest BCUT2D eigenvalue weighted by molar-refractivity contribution is 6.33. The number of carbonyl (C=O) groups is 4. The average molecular weight is 806 g/mol. The molecule has 57 heavy (non-hydrogen) atoms. The Morgan fingerprint density at radius 2 is 1.42 bits per heavy atom. The van der Waals surface area contributed by atoms with Crippen LogP contribution in [0, 0.1) is 23.7 Å². The number of fused-ring (bicyclic) bond motifs is 4. The van der Waals surface area contributed by atoms with E-state index in [0.717, 1.165) is 0 Å². The molecular weight excluding hydrogens is 776 g/mol. The molecule has 1 N–H and O–H groups in total. The van der Waals surface area contributed by atoms with Crippen LogP contribution < -0.4 is 9.64 Å². The topological polar surface area (TPSA) is 101 Å². The molecule has 2 amide bonds. The Labute approximate surface area is 326 Å². The summed E-state index contributed by atoms with van der Waals surface area (Å²) in [6.07, 6.45) is -7.86. The molecule has 14 heteroatoms. The first-order valence-electron chi connectivity index (χ1n) is 17.8. The summed E-state index contributed by atoms with van der Waals surface area (Å²) in [6, 6.07) is 20.5. The lowest BCUT2D eigenvalue weighted by Crippen LogP contribution is -2.58. The van der Waals surface area contributed by atoms with Crippen molar-refractivity contribution in [3.63, 3.8) is 0 Å². The van der Waals surface area contributed by atoms with Gasteiger partial charge in [0.2, 0.25) is 11.8 Å². The molecule has 0 aromatic heterocycles. The molecule has 1 heterocycles. The molecule has 1 saturated heterocycles. The maximum absolute atomic E-state index is 15.2. The van der Waals surface area contributed by atoms with E-state index in [4.69, 9.17) is 16.3 Å². The Bertz CT molecular complexity index is 2400. The molecule has 0 radical (unpaired) electrons. The van der Waals surface area contributed by atoms with E-state index >= 15 is 9.59 Å². The maximum atomic E-state index is 15.2. The lowest BCUT2D eigenvalue weighted by molar-refractivity contribution is -0.143. The molecule has 4 aromatic carbocycles. The molecule has 0 bridgehead atoms. The number of phenolic OH excluding ortho intramolecular Hbond substituents is 1. The summed E-state index contributed by atoms with van der Waals surface area (Å²) in [4.78, 5) is 59.3. The zero-order valence-electron chi connectivity index (χ0n) is 29.7. The standard InChI is InChI=1S/C43H30ClF6NO6/c1-57-33-15-22(14-32(44)38(33)54)36-27-12-13-28-35(40(56)51(39(28)55)26-17-24(42(45,46)47)16-25(18-26)43(48,49)50)30(27)19-31-37(53)29(21-8-4-2-5-9-21)20-34(52)41(31,36)23-10-6-3-7-11-23/h2-12,14-18,20,28,30-31,35-36,54H,13,19H2,1H3/t28-,30+,31-,35-,36-,41-/m0/s1. The summed E-state index contributed by atoms with van der Waals surface area (Å²) in [5.41, 5.74) is -4.20. The quantitative estimate of drug-likeness (QED) is 0.123. The van der Waals surface area contributed by atoms with E-state index in [1.807, 2.05) is 0 Å². The zero-order chi connectivity index (χ0) is 40.8. The second-order valence-corrected chi connectivity index (χ2v) is 15.0. The molecule has 0 spiro atoms. The molecule has 3 aliphatic carbocycles. The Balaban J connectivity index is 1.35. The second kappa shape index (κ2) is 13.5. The largest absolute Gasteiger partial charge is 0.503 e. The predicted octanol–water partition coefficient (Wildman–Crippen LogP) is 9.12. The number of allylic oxidation sites excluding steroid dienone is 4. The zero-order valence-corrected chi connectivity index (χ0v) is 30.5. The number of anilines is 1. The molecule has 1 saturated carbocycles. The molecule has 8 rings (SSSR count). The number of hydrogen-bond donors (Lipinski definition) is 1. The van der Waals surface area contributed by atoms with Crippen LogP contribution in [0.3, 0.4) is 0 Å². The molecule has 4 aromatic rings. The molecule has 1 aliphatic heterocycles. The average Bonchev–Trinajstić information content (AvgIpc) is 3.44. The van der Waals surface area contributed by atoms with Crippen LogP contribution in [0.25, 0.3) is 5.57 Å². The molecule has 2 fully saturated rings. The second-order valence-electron chi connectivity index (χ2n) is 14.6. The number of carbonyl (C=O) groups excluding carboxylic acids is 4. The third-order valence-electron chi connectivity index (χ3n) is 11.8. The van der Waals surface area contributed by atoms with Gasteiger partial charge in [-0.15, -0.1) is 0 Å². The van der Waals surface area contributed by atoms with E-state index in [9.17, 15) is 41.0 Å². The lowest BCUT2D eigenvalue weighted by atomic mass is 9.44. The number of nitrogens with zero attached hydrogens (tertiary/aromatic N) is 1. The molecule has 292 valence electrons. The number of ether oxygens (including phenoxy) is 1. The van der Waals surface area contributed by atoms with E-state index < -0.39 is 93.3 Å². The van der Waals surface area contributed by atoms with E-state index in [-0.39, 0.29) is 35.3 Å². The van der Waals surface area contributed by atoms with Gasteiger partial charge in [-0.3, -0.25) is 19.2 Å². The fourth-order valence-electron chi connectivity index (χ4n) is 9.49. The van der Waals surface area contributed by atoms with Crippen LogP contribution in [0.5, 0.6) is 11.5 Å². The SMILES string of the molecule is COc1cc([C@H]2C3=CC[C@@H]4C(=O)N(c5cc(C(F)(F)F)cc(C(F)(F)F)c5)C(=O)[C@@H]4[C@@H]3C[C@H]3C(=O)C(c4ccccc4)=CC(=O)[C@@]23c2ccccc2)cc(Cl)c1O. The highest BCUT2D eigenvalue weighted by atomic mass is 35.5. The van der Waals surface area contributed by atoms with Crippen molar-refractivity contribution in [2.45, 2.75) is 36.5 Å². The number of benzene rings is 4. The third-order valence-corrected chi connectivity index (χ3v) is 12.1. The fourth-order valence-corrected chi connectivity index (χ4v) is 9.71. The number of ketones is 2. The third kappa shape index (κ3) is 5.88. The number of hydrogen-bond acceptors (Lipinski definition) is 6. The lowest BCUT2D eigenvalue weighted by Gasteiger charge is -2.55. The highest BCUT2D eigenvalue weighted by Crippen LogP contribution is 2.64. The van der Waals surface area contributed by atoms with Gasteiger partial charge in [-0.1, -0.05) is 83.9 Å². The van der Waals surface area contributed by atoms with Gasteiger partial charge >= 0.3 is 12.4 Å². The number of rotatable bonds is 5. The summed E-state index contributed by atoms with van der Waals surface area (Å²) in [5, 5.41) is 10.6. The highest BCUT2D eigenvalue weighted by Gasteiger charge is 2.66. The van der Waals surface area contributed by atoms with Crippen molar-refractivity contribution in [1.29, 1.82) is 0 Å². The first kappa shape index (κ1) is 38.2. The van der Waals surface area contributed by atoms with Crippen LogP contribution in [0.4, 0.5) is 32.0 Å². The summed E-state index contributed by atoms with van der Waals surface area (Å²) >= 11 is 6.56. The van der Waals surface area contributed by atoms with Crippen molar-refractivity contribution in [2.24, 2.45) is 23.7 Å². The van der Waals surface area contributed by atoms with Crippen LogP contribution in [0.1, 0.15) is 46.6 Å². The van der Waals surface area contributed by atoms with Gasteiger partial charge in [0.25, 0.3) is 0 Å². The normalized spacial score (nSPS) is 26.0. The minimum atomic E-state index is -5.25. The Hall–Kier alpha value is -5.69. The minimum absolute atomic E-state index is 0.0629. The van der Waals surface area contributed by atoms with Crippen LogP contribution in [0.2, 0.25) is 5.02 Å². The monoisotopic (exact) mass is 805 g/mol. The minimum Gasteiger partial charge on any atom is -0.503 e. The number of halogens is 7. The predicted molar refractivity (Wildman–Crippen MR) is 195 cm³/mol. The number of Topliss-reactive ketones (excluding diaryl/α,β-unsaturated/α-hetero) is 1. The van der Waals surface area contributed by atoms with Crippen molar-refractivity contribution in [3.05, 3.63) is 142 Å². The molecular formula is C43H30ClF6NO6. The maximum Gasteiger partial charge on any atom is 0.416 e. The van der Waals surface area contributed by atoms with Crippen molar-refractivity contribution in [1.82, 2.24) is 0 Å². The summed E-state index contributed by atoms with van der Waals surface area (Å²) in [5.74, 6) is -9.24. The van der Waals surface area contributed by atoms with Crippen LogP contribution >= 0.6 is 11.6 Å². The van der Waals surface area contributed by atoms with Crippen molar-refractivity contribution in [3.8, 4) is 11.5 Å². The van der Waals surface area contributed by atoms with Crippen molar-refractivity contribution < 1.29 is 55.4 Å². The number of alkyl halides is 6. The van der Waals surface area contributed by atoms with Gasteiger partial charge in [0.05, 0.1) is 46.2 Å². The number of aromatic hydroxyl groups is 1.